The van der Waals surface area contributed by atoms with Crippen molar-refractivity contribution in [3.63, 3.8) is 0 Å². The zero-order chi connectivity index (χ0) is 14.8. The van der Waals surface area contributed by atoms with Crippen molar-refractivity contribution in [1.82, 2.24) is 5.32 Å². The van der Waals surface area contributed by atoms with Gasteiger partial charge < -0.3 is 9.73 Å². The van der Waals surface area contributed by atoms with Crippen LogP contribution in [0, 0.1) is 0 Å². The van der Waals surface area contributed by atoms with Crippen molar-refractivity contribution < 1.29 is 9.21 Å². The lowest BCUT2D eigenvalue weighted by Crippen LogP contribution is -2.26. The van der Waals surface area contributed by atoms with Crippen molar-refractivity contribution in [1.29, 1.82) is 0 Å². The average molecular weight is 300 g/mol. The smallest absolute Gasteiger partial charge is 0.287 e. The molecule has 0 saturated heterocycles. The molecule has 2 aromatic carbocycles. The summed E-state index contributed by atoms with van der Waals surface area (Å²) < 4.78 is 5.55. The van der Waals surface area contributed by atoms with E-state index in [1.807, 2.05) is 49.4 Å². The number of halogens is 1. The molecule has 0 saturated carbocycles. The van der Waals surface area contributed by atoms with Gasteiger partial charge in [-0.25, -0.2) is 0 Å². The van der Waals surface area contributed by atoms with Gasteiger partial charge in [0.25, 0.3) is 5.91 Å². The van der Waals surface area contributed by atoms with E-state index < -0.39 is 0 Å². The Morgan fingerprint density at radius 2 is 1.95 bits per heavy atom. The Kier molecular flexibility index (Phi) is 3.67. The number of hydrogen-bond donors (Lipinski definition) is 1. The highest BCUT2D eigenvalue weighted by molar-refractivity contribution is 6.30. The zero-order valence-electron chi connectivity index (χ0n) is 11.5. The molecule has 3 rings (SSSR count). The van der Waals surface area contributed by atoms with Crippen LogP contribution in [0.1, 0.15) is 29.1 Å². The lowest BCUT2D eigenvalue weighted by atomic mass is 10.1. The summed E-state index contributed by atoms with van der Waals surface area (Å²) in [6.07, 6.45) is 0. The maximum atomic E-state index is 12.2. The summed E-state index contributed by atoms with van der Waals surface area (Å²) in [5.74, 6) is 0.0729. The molecule has 3 aromatic rings. The molecule has 1 aromatic heterocycles. The van der Waals surface area contributed by atoms with E-state index in [1.54, 1.807) is 12.1 Å². The fourth-order valence-electron chi connectivity index (χ4n) is 2.22. The van der Waals surface area contributed by atoms with Gasteiger partial charge in [0.05, 0.1) is 6.04 Å². The van der Waals surface area contributed by atoms with Crippen LogP contribution < -0.4 is 5.32 Å². The van der Waals surface area contributed by atoms with Crippen molar-refractivity contribution in [2.75, 3.05) is 0 Å². The molecule has 0 spiro atoms. The molecule has 3 nitrogen and oxygen atoms in total. The summed E-state index contributed by atoms with van der Waals surface area (Å²) in [5.41, 5.74) is 1.66. The second-order valence-electron chi connectivity index (χ2n) is 4.90. The molecule has 4 heteroatoms. The van der Waals surface area contributed by atoms with Crippen molar-refractivity contribution in [3.8, 4) is 0 Å². The quantitative estimate of drug-likeness (QED) is 0.769. The molecule has 0 fully saturated rings. The molecule has 1 atom stereocenters. The second-order valence-corrected chi connectivity index (χ2v) is 5.34. The fourth-order valence-corrected chi connectivity index (χ4v) is 2.42. The Bertz CT molecular complexity index is 761. The minimum atomic E-state index is -0.237. The number of fused-ring (bicyclic) bond motifs is 1. The molecule has 1 amide bonds. The van der Waals surface area contributed by atoms with Crippen LogP contribution in [0.5, 0.6) is 0 Å². The van der Waals surface area contributed by atoms with E-state index in [0.717, 1.165) is 10.9 Å². The first-order valence-corrected chi connectivity index (χ1v) is 7.06. The van der Waals surface area contributed by atoms with E-state index in [0.29, 0.717) is 16.4 Å². The van der Waals surface area contributed by atoms with Crippen LogP contribution in [0.2, 0.25) is 5.02 Å². The lowest BCUT2D eigenvalue weighted by molar-refractivity contribution is 0.0914. The highest BCUT2D eigenvalue weighted by atomic mass is 35.5. The van der Waals surface area contributed by atoms with E-state index in [4.69, 9.17) is 16.0 Å². The van der Waals surface area contributed by atoms with Gasteiger partial charge in [-0.1, -0.05) is 41.9 Å². The summed E-state index contributed by atoms with van der Waals surface area (Å²) >= 11 is 5.96. The summed E-state index contributed by atoms with van der Waals surface area (Å²) in [7, 11) is 0. The van der Waals surface area contributed by atoms with Crippen LogP contribution in [0.3, 0.4) is 0 Å². The molecule has 0 bridgehead atoms. The predicted octanol–water partition coefficient (Wildman–Crippen LogP) is 4.58. The fraction of sp³-hybridized carbons (Fsp3) is 0.118. The highest BCUT2D eigenvalue weighted by Gasteiger charge is 2.15. The first-order valence-electron chi connectivity index (χ1n) is 6.68. The van der Waals surface area contributed by atoms with Crippen LogP contribution in [0.4, 0.5) is 0 Å². The Morgan fingerprint density at radius 3 is 2.71 bits per heavy atom. The zero-order valence-corrected chi connectivity index (χ0v) is 12.2. The van der Waals surface area contributed by atoms with Gasteiger partial charge in [-0.3, -0.25) is 4.79 Å². The van der Waals surface area contributed by atoms with Crippen LogP contribution in [0.15, 0.2) is 59.0 Å². The predicted molar refractivity (Wildman–Crippen MR) is 83.5 cm³/mol. The summed E-state index contributed by atoms with van der Waals surface area (Å²) in [6, 6.07) is 16.6. The number of hydrogen-bond acceptors (Lipinski definition) is 2. The average Bonchev–Trinajstić information content (AvgIpc) is 2.91. The maximum Gasteiger partial charge on any atom is 0.287 e. The van der Waals surface area contributed by atoms with E-state index in [2.05, 4.69) is 5.32 Å². The number of benzene rings is 2. The molecule has 1 unspecified atom stereocenters. The van der Waals surface area contributed by atoms with Gasteiger partial charge in [-0.15, -0.1) is 0 Å². The number of carbonyl (C=O) groups is 1. The summed E-state index contributed by atoms with van der Waals surface area (Å²) in [5, 5.41) is 4.47. The first-order chi connectivity index (χ1) is 10.1. The third kappa shape index (κ3) is 2.93. The van der Waals surface area contributed by atoms with Crippen molar-refractivity contribution >= 4 is 28.5 Å². The highest BCUT2D eigenvalue weighted by Crippen LogP contribution is 2.21. The van der Waals surface area contributed by atoms with Gasteiger partial charge in [0, 0.05) is 10.4 Å². The molecule has 0 aliphatic carbocycles. The van der Waals surface area contributed by atoms with Crippen molar-refractivity contribution in [2.24, 2.45) is 0 Å². The van der Waals surface area contributed by atoms with Crippen molar-refractivity contribution in [3.05, 3.63) is 70.9 Å². The van der Waals surface area contributed by atoms with E-state index >= 15 is 0 Å². The van der Waals surface area contributed by atoms with Crippen LogP contribution in [0.25, 0.3) is 11.0 Å². The van der Waals surface area contributed by atoms with Crippen LogP contribution in [-0.2, 0) is 0 Å². The van der Waals surface area contributed by atoms with Crippen LogP contribution in [-0.4, -0.2) is 5.91 Å². The maximum absolute atomic E-state index is 12.2. The number of rotatable bonds is 3. The third-order valence-corrected chi connectivity index (χ3v) is 3.58. The summed E-state index contributed by atoms with van der Waals surface area (Å²) in [4.78, 5) is 12.2. The number of amides is 1. The van der Waals surface area contributed by atoms with Gasteiger partial charge in [0.15, 0.2) is 5.76 Å². The Morgan fingerprint density at radius 1 is 1.14 bits per heavy atom. The van der Waals surface area contributed by atoms with E-state index in [-0.39, 0.29) is 11.9 Å². The monoisotopic (exact) mass is 299 g/mol. The molecular weight excluding hydrogens is 286 g/mol. The van der Waals surface area contributed by atoms with Gasteiger partial charge in [0.2, 0.25) is 0 Å². The van der Waals surface area contributed by atoms with Gasteiger partial charge in [-0.2, -0.15) is 0 Å². The number of nitrogens with one attached hydrogen (secondary N) is 1. The van der Waals surface area contributed by atoms with Gasteiger partial charge in [0.1, 0.15) is 5.58 Å². The number of carbonyl (C=O) groups excluding carboxylic acids is 1. The molecule has 0 radical (unpaired) electrons. The first kappa shape index (κ1) is 13.7. The van der Waals surface area contributed by atoms with Gasteiger partial charge >= 0.3 is 0 Å². The Labute approximate surface area is 127 Å². The molecule has 0 aliphatic heterocycles. The minimum Gasteiger partial charge on any atom is -0.451 e. The van der Waals surface area contributed by atoms with E-state index in [9.17, 15) is 4.79 Å². The van der Waals surface area contributed by atoms with Gasteiger partial charge in [-0.05, 0) is 36.8 Å². The Hall–Kier alpha value is -2.26. The second kappa shape index (κ2) is 5.62. The van der Waals surface area contributed by atoms with Crippen LogP contribution >= 0.6 is 11.6 Å². The summed E-state index contributed by atoms with van der Waals surface area (Å²) in [6.45, 7) is 1.91. The largest absolute Gasteiger partial charge is 0.451 e. The van der Waals surface area contributed by atoms with Crippen molar-refractivity contribution in [2.45, 2.75) is 13.0 Å². The number of para-hydroxylation sites is 1. The SMILES string of the molecule is CC(NC(=O)c1cc2ccccc2o1)c1cccc(Cl)c1. The lowest BCUT2D eigenvalue weighted by Gasteiger charge is -2.13. The molecule has 1 N–H and O–H groups in total. The number of furan rings is 1. The topological polar surface area (TPSA) is 42.2 Å². The molecule has 21 heavy (non-hydrogen) atoms. The standard InChI is InChI=1S/C17H14ClNO2/c1-11(12-6-4-7-14(18)9-12)19-17(20)16-10-13-5-2-3-8-15(13)21-16/h2-11H,1H3,(H,19,20). The normalized spacial score (nSPS) is 12.3. The molecular formula is C17H14ClNO2. The minimum absolute atomic E-state index is 0.149. The molecule has 0 aliphatic rings. The molecule has 106 valence electrons. The molecule has 1 heterocycles. The van der Waals surface area contributed by atoms with E-state index in [1.165, 1.54) is 0 Å². The Balaban J connectivity index is 1.79. The third-order valence-electron chi connectivity index (χ3n) is 3.35.